The maximum atomic E-state index is 11.3. The van der Waals surface area contributed by atoms with E-state index in [9.17, 15) is 9.59 Å². The first-order chi connectivity index (χ1) is 7.65. The molecule has 0 heterocycles. The van der Waals surface area contributed by atoms with Crippen molar-refractivity contribution in [1.29, 1.82) is 0 Å². The van der Waals surface area contributed by atoms with E-state index in [4.69, 9.17) is 10.6 Å². The molecule has 5 nitrogen and oxygen atoms in total. The molecule has 0 radical (unpaired) electrons. The first kappa shape index (κ1) is 15.9. The van der Waals surface area contributed by atoms with Crippen LogP contribution in [0.1, 0.15) is 47.5 Å². The molecule has 1 atom stereocenters. The number of amides is 1. The molecule has 0 aromatic rings. The van der Waals surface area contributed by atoms with Crippen LogP contribution >= 0.6 is 0 Å². The molecule has 17 heavy (non-hydrogen) atoms. The maximum Gasteiger partial charge on any atom is 0.354 e. The molecular weight excluding hydrogens is 222 g/mol. The van der Waals surface area contributed by atoms with Crippen molar-refractivity contribution < 1.29 is 19.4 Å². The summed E-state index contributed by atoms with van der Waals surface area (Å²) in [5, 5.41) is 0. The van der Waals surface area contributed by atoms with Crippen molar-refractivity contribution in [2.75, 3.05) is 0 Å². The number of carbonyl (C=O) groups excluding carboxylic acids is 2. The minimum Gasteiger partial charge on any atom is -0.369 e. The second-order valence-corrected chi connectivity index (χ2v) is 5.30. The molecule has 0 aromatic carbocycles. The maximum absolute atomic E-state index is 11.3. The molecule has 0 aromatic heterocycles. The zero-order valence-electron chi connectivity index (χ0n) is 11.3. The first-order valence-electron chi connectivity index (χ1n) is 5.84. The van der Waals surface area contributed by atoms with Crippen LogP contribution in [0.5, 0.6) is 0 Å². The van der Waals surface area contributed by atoms with Gasteiger partial charge in [0.1, 0.15) is 11.5 Å². The van der Waals surface area contributed by atoms with Crippen molar-refractivity contribution in [2.24, 2.45) is 17.6 Å². The third-order valence-electron chi connectivity index (χ3n) is 2.45. The van der Waals surface area contributed by atoms with E-state index in [1.54, 1.807) is 0 Å². The van der Waals surface area contributed by atoms with E-state index in [-0.39, 0.29) is 0 Å². The lowest BCUT2D eigenvalue weighted by Crippen LogP contribution is -2.33. The minimum atomic E-state index is -0.990. The third kappa shape index (κ3) is 6.94. The standard InChI is InChI=1S/C12H23NO4/c1-8(2)6-7-12(4,5)17-16-11(15)9(3)10(13)14/h8-9H,6-7H2,1-5H3,(H2,13,14)/t9-/m1/s1. The zero-order chi connectivity index (χ0) is 13.6. The van der Waals surface area contributed by atoms with Gasteiger partial charge in [-0.3, -0.25) is 9.68 Å². The summed E-state index contributed by atoms with van der Waals surface area (Å²) >= 11 is 0. The van der Waals surface area contributed by atoms with Crippen LogP contribution < -0.4 is 5.73 Å². The van der Waals surface area contributed by atoms with Crippen molar-refractivity contribution >= 4 is 11.9 Å². The molecule has 100 valence electrons. The molecule has 5 heteroatoms. The highest BCUT2D eigenvalue weighted by Gasteiger charge is 2.26. The number of hydrogen-bond donors (Lipinski definition) is 1. The summed E-state index contributed by atoms with van der Waals surface area (Å²) in [6, 6.07) is 0. The van der Waals surface area contributed by atoms with Gasteiger partial charge >= 0.3 is 5.97 Å². The molecule has 0 saturated carbocycles. The minimum absolute atomic E-state index is 0.554. The lowest BCUT2D eigenvalue weighted by atomic mass is 9.97. The van der Waals surface area contributed by atoms with E-state index < -0.39 is 23.4 Å². The van der Waals surface area contributed by atoms with Gasteiger partial charge in [-0.25, -0.2) is 4.79 Å². The Bertz CT molecular complexity index is 274. The molecule has 0 aliphatic carbocycles. The topological polar surface area (TPSA) is 78.6 Å². The van der Waals surface area contributed by atoms with E-state index in [0.717, 1.165) is 12.8 Å². The number of hydrogen-bond acceptors (Lipinski definition) is 4. The first-order valence-corrected chi connectivity index (χ1v) is 5.84. The molecule has 2 N–H and O–H groups in total. The fourth-order valence-electron chi connectivity index (χ4n) is 1.02. The molecular formula is C12H23NO4. The van der Waals surface area contributed by atoms with Crippen LogP contribution in [0.15, 0.2) is 0 Å². The average Bonchev–Trinajstić information content (AvgIpc) is 2.22. The monoisotopic (exact) mass is 245 g/mol. The highest BCUT2D eigenvalue weighted by atomic mass is 17.2. The van der Waals surface area contributed by atoms with Crippen LogP contribution in [0.3, 0.4) is 0 Å². The molecule has 0 rings (SSSR count). The number of rotatable bonds is 7. The Morgan fingerprint density at radius 1 is 1.24 bits per heavy atom. The van der Waals surface area contributed by atoms with Gasteiger partial charge < -0.3 is 5.73 Å². The Morgan fingerprint density at radius 3 is 2.18 bits per heavy atom. The summed E-state index contributed by atoms with van der Waals surface area (Å²) in [6.07, 6.45) is 1.73. The number of carbonyl (C=O) groups is 2. The number of primary amides is 1. The van der Waals surface area contributed by atoms with E-state index >= 15 is 0 Å². The molecule has 1 amide bonds. The van der Waals surface area contributed by atoms with Crippen molar-refractivity contribution in [3.05, 3.63) is 0 Å². The van der Waals surface area contributed by atoms with E-state index in [1.807, 2.05) is 13.8 Å². The van der Waals surface area contributed by atoms with Gasteiger partial charge in [-0.05, 0) is 39.5 Å². The molecule has 0 unspecified atom stereocenters. The van der Waals surface area contributed by atoms with Gasteiger partial charge in [-0.1, -0.05) is 13.8 Å². The Kier molecular flexibility index (Phi) is 6.16. The second-order valence-electron chi connectivity index (χ2n) is 5.30. The SMILES string of the molecule is CC(C)CCC(C)(C)OOC(=O)[C@H](C)C(N)=O. The summed E-state index contributed by atoms with van der Waals surface area (Å²) in [5.74, 6) is -1.91. The fraction of sp³-hybridized carbons (Fsp3) is 0.833. The molecule has 0 fully saturated rings. The molecule has 0 saturated heterocycles. The Labute approximate surface area is 103 Å². The lowest BCUT2D eigenvalue weighted by Gasteiger charge is -2.24. The van der Waals surface area contributed by atoms with Crippen LogP contribution in [0.4, 0.5) is 0 Å². The summed E-state index contributed by atoms with van der Waals surface area (Å²) in [4.78, 5) is 31.7. The Morgan fingerprint density at radius 2 is 1.76 bits per heavy atom. The van der Waals surface area contributed by atoms with Crippen molar-refractivity contribution in [3.63, 3.8) is 0 Å². The van der Waals surface area contributed by atoms with E-state index in [0.29, 0.717) is 5.92 Å². The van der Waals surface area contributed by atoms with Gasteiger partial charge in [0.15, 0.2) is 0 Å². The van der Waals surface area contributed by atoms with Gasteiger partial charge in [0.05, 0.1) is 0 Å². The highest BCUT2D eigenvalue weighted by Crippen LogP contribution is 2.20. The van der Waals surface area contributed by atoms with Crippen molar-refractivity contribution in [1.82, 2.24) is 0 Å². The van der Waals surface area contributed by atoms with Gasteiger partial charge in [0, 0.05) is 0 Å². The second kappa shape index (κ2) is 6.59. The normalized spacial score (nSPS) is 13.5. The van der Waals surface area contributed by atoms with Crippen LogP contribution in [-0.2, 0) is 19.4 Å². The zero-order valence-corrected chi connectivity index (χ0v) is 11.3. The van der Waals surface area contributed by atoms with Crippen LogP contribution in [0, 0.1) is 11.8 Å². The predicted octanol–water partition coefficient (Wildman–Crippen LogP) is 1.80. The van der Waals surface area contributed by atoms with Crippen molar-refractivity contribution in [3.8, 4) is 0 Å². The van der Waals surface area contributed by atoms with E-state index in [2.05, 4.69) is 18.7 Å². The molecule has 0 bridgehead atoms. The summed E-state index contributed by atoms with van der Waals surface area (Å²) in [6.45, 7) is 9.26. The Balaban J connectivity index is 4.08. The van der Waals surface area contributed by atoms with Gasteiger partial charge in [-0.15, -0.1) is 0 Å². The summed E-state index contributed by atoms with van der Waals surface area (Å²) in [5.41, 5.74) is 4.42. The van der Waals surface area contributed by atoms with E-state index in [1.165, 1.54) is 6.92 Å². The average molecular weight is 245 g/mol. The van der Waals surface area contributed by atoms with Crippen LogP contribution in [-0.4, -0.2) is 17.5 Å². The van der Waals surface area contributed by atoms with Crippen molar-refractivity contribution in [2.45, 2.75) is 53.1 Å². The van der Waals surface area contributed by atoms with Gasteiger partial charge in [-0.2, -0.15) is 4.89 Å². The predicted molar refractivity (Wildman–Crippen MR) is 63.7 cm³/mol. The lowest BCUT2D eigenvalue weighted by molar-refractivity contribution is -0.328. The molecule has 0 aliphatic rings. The van der Waals surface area contributed by atoms with Crippen LogP contribution in [0.25, 0.3) is 0 Å². The highest BCUT2D eigenvalue weighted by molar-refractivity contribution is 5.96. The Hall–Kier alpha value is -1.10. The fourth-order valence-corrected chi connectivity index (χ4v) is 1.02. The largest absolute Gasteiger partial charge is 0.369 e. The van der Waals surface area contributed by atoms with Gasteiger partial charge in [0.25, 0.3) is 0 Å². The molecule has 0 spiro atoms. The smallest absolute Gasteiger partial charge is 0.354 e. The third-order valence-corrected chi connectivity index (χ3v) is 2.45. The summed E-state index contributed by atoms with van der Waals surface area (Å²) < 4.78 is 0. The van der Waals surface area contributed by atoms with Crippen LogP contribution in [0.2, 0.25) is 0 Å². The number of nitrogens with two attached hydrogens (primary N) is 1. The van der Waals surface area contributed by atoms with Gasteiger partial charge in [0.2, 0.25) is 5.91 Å². The summed E-state index contributed by atoms with van der Waals surface area (Å²) in [7, 11) is 0. The molecule has 0 aliphatic heterocycles. The quantitative estimate of drug-likeness (QED) is 0.421.